The molecule has 1 aromatic carbocycles. The number of urea groups is 1. The third-order valence-electron chi connectivity index (χ3n) is 3.52. The van der Waals surface area contributed by atoms with E-state index in [9.17, 15) is 31.9 Å². The molecule has 0 aliphatic carbocycles. The number of hydrogen-bond acceptors (Lipinski definition) is 2. The minimum Gasteiger partial charge on any atom is -0.380 e. The van der Waals surface area contributed by atoms with Crippen LogP contribution in [0.4, 0.5) is 32.4 Å². The quantitative estimate of drug-likeness (QED) is 0.781. The van der Waals surface area contributed by atoms with Gasteiger partial charge >= 0.3 is 12.2 Å². The molecule has 0 atom stereocenters. The molecular formula is C13H13F5N2O2. The summed E-state index contributed by atoms with van der Waals surface area (Å²) in [5, 5.41) is 11.7. The number of rotatable bonds is 1. The Hall–Kier alpha value is -1.90. The zero-order valence-corrected chi connectivity index (χ0v) is 11.3. The Balaban J connectivity index is 1.98. The first kappa shape index (κ1) is 16.5. The van der Waals surface area contributed by atoms with E-state index in [2.05, 4.69) is 5.32 Å². The summed E-state index contributed by atoms with van der Waals surface area (Å²) in [4.78, 5) is 12.9. The normalized spacial score (nSPS) is 18.2. The second-order valence-electron chi connectivity index (χ2n) is 5.10. The number of amides is 2. The molecule has 0 unspecified atom stereocenters. The molecule has 1 aromatic rings. The van der Waals surface area contributed by atoms with Crippen molar-refractivity contribution in [3.8, 4) is 0 Å². The van der Waals surface area contributed by atoms with Gasteiger partial charge in [-0.3, -0.25) is 0 Å². The van der Waals surface area contributed by atoms with Crippen LogP contribution in [0.5, 0.6) is 0 Å². The summed E-state index contributed by atoms with van der Waals surface area (Å²) in [6.07, 6.45) is -6.07. The van der Waals surface area contributed by atoms with Crippen molar-refractivity contribution in [3.05, 3.63) is 29.8 Å². The van der Waals surface area contributed by atoms with Crippen LogP contribution >= 0.6 is 0 Å². The molecule has 2 amide bonds. The van der Waals surface area contributed by atoms with E-state index < -0.39 is 42.3 Å². The van der Waals surface area contributed by atoms with Crippen LogP contribution in [0.1, 0.15) is 12.8 Å². The molecule has 1 heterocycles. The highest BCUT2D eigenvalue weighted by Gasteiger charge is 2.54. The van der Waals surface area contributed by atoms with Gasteiger partial charge in [-0.15, -0.1) is 0 Å². The number of hydrogen-bond donors (Lipinski definition) is 2. The lowest BCUT2D eigenvalue weighted by atomic mass is 9.91. The Morgan fingerprint density at radius 3 is 2.09 bits per heavy atom. The van der Waals surface area contributed by atoms with Gasteiger partial charge in [-0.25, -0.2) is 13.6 Å². The molecule has 2 N–H and O–H groups in total. The highest BCUT2D eigenvalue weighted by molar-refractivity contribution is 5.89. The summed E-state index contributed by atoms with van der Waals surface area (Å²) in [6.45, 7) is -0.640. The number of benzene rings is 1. The first-order valence-corrected chi connectivity index (χ1v) is 6.42. The first-order valence-electron chi connectivity index (χ1n) is 6.42. The predicted molar refractivity (Wildman–Crippen MR) is 67.2 cm³/mol. The lowest BCUT2D eigenvalue weighted by molar-refractivity contribution is -0.271. The van der Waals surface area contributed by atoms with Gasteiger partial charge in [0, 0.05) is 37.7 Å². The first-order chi connectivity index (χ1) is 10.1. The Labute approximate surface area is 122 Å². The van der Waals surface area contributed by atoms with Crippen molar-refractivity contribution in [2.75, 3.05) is 18.4 Å². The molecule has 9 heteroatoms. The minimum atomic E-state index is -4.76. The average molecular weight is 324 g/mol. The van der Waals surface area contributed by atoms with E-state index in [1.54, 1.807) is 0 Å². The molecule has 0 bridgehead atoms. The van der Waals surface area contributed by atoms with Gasteiger partial charge in [0.1, 0.15) is 11.6 Å². The molecule has 22 heavy (non-hydrogen) atoms. The maximum Gasteiger partial charge on any atom is 0.417 e. The van der Waals surface area contributed by atoms with Crippen molar-refractivity contribution >= 4 is 11.7 Å². The standard InChI is InChI=1S/C13H13F5N2O2/c14-8-5-9(15)7-10(6-8)19-11(21)20-3-1-12(22,2-4-20)13(16,17)18/h5-7,22H,1-4H2,(H,19,21). The van der Waals surface area contributed by atoms with Gasteiger partial charge in [0.25, 0.3) is 0 Å². The number of alkyl halides is 3. The second kappa shape index (κ2) is 5.71. The van der Waals surface area contributed by atoms with Gasteiger partial charge in [0.15, 0.2) is 5.60 Å². The van der Waals surface area contributed by atoms with Crippen molar-refractivity contribution in [1.29, 1.82) is 0 Å². The zero-order valence-electron chi connectivity index (χ0n) is 11.3. The van der Waals surface area contributed by atoms with E-state index in [1.807, 2.05) is 0 Å². The molecular weight excluding hydrogens is 311 g/mol. The van der Waals surface area contributed by atoms with E-state index in [0.717, 1.165) is 17.0 Å². The summed E-state index contributed by atoms with van der Waals surface area (Å²) in [5.41, 5.74) is -2.95. The van der Waals surface area contributed by atoms with Crippen molar-refractivity contribution in [2.45, 2.75) is 24.6 Å². The molecule has 0 spiro atoms. The summed E-state index contributed by atoms with van der Waals surface area (Å²) >= 11 is 0. The fourth-order valence-corrected chi connectivity index (χ4v) is 2.19. The maximum atomic E-state index is 13.0. The van der Waals surface area contributed by atoms with Gasteiger partial charge in [-0.05, 0) is 12.1 Å². The molecule has 1 saturated heterocycles. The van der Waals surface area contributed by atoms with E-state index in [0.29, 0.717) is 6.07 Å². The lowest BCUT2D eigenvalue weighted by Gasteiger charge is -2.38. The zero-order chi connectivity index (χ0) is 16.5. The van der Waals surface area contributed by atoms with E-state index in [-0.39, 0.29) is 18.8 Å². The fraction of sp³-hybridized carbons (Fsp3) is 0.462. The number of anilines is 1. The largest absolute Gasteiger partial charge is 0.417 e. The van der Waals surface area contributed by atoms with Gasteiger partial charge < -0.3 is 15.3 Å². The number of halogens is 5. The van der Waals surface area contributed by atoms with Crippen LogP contribution in [0.3, 0.4) is 0 Å². The third kappa shape index (κ3) is 3.46. The maximum absolute atomic E-state index is 13.0. The average Bonchev–Trinajstić information content (AvgIpc) is 2.36. The van der Waals surface area contributed by atoms with Crippen LogP contribution in [-0.4, -0.2) is 40.9 Å². The molecule has 0 radical (unpaired) electrons. The van der Waals surface area contributed by atoms with Gasteiger partial charge in [-0.1, -0.05) is 0 Å². The topological polar surface area (TPSA) is 52.6 Å². The molecule has 122 valence electrons. The predicted octanol–water partition coefficient (Wildman–Crippen LogP) is 2.89. The van der Waals surface area contributed by atoms with Crippen molar-refractivity contribution in [3.63, 3.8) is 0 Å². The summed E-state index contributed by atoms with van der Waals surface area (Å²) in [6, 6.07) is 1.61. The molecule has 2 rings (SSSR count). The van der Waals surface area contributed by atoms with Crippen LogP contribution in [0.25, 0.3) is 0 Å². The SMILES string of the molecule is O=C(Nc1cc(F)cc(F)c1)N1CCC(O)(C(F)(F)F)CC1. The highest BCUT2D eigenvalue weighted by Crippen LogP contribution is 2.38. The number of aliphatic hydroxyl groups is 1. The van der Waals surface area contributed by atoms with Crippen molar-refractivity contribution < 1.29 is 31.9 Å². The van der Waals surface area contributed by atoms with Gasteiger partial charge in [0.05, 0.1) is 0 Å². The van der Waals surface area contributed by atoms with E-state index in [1.165, 1.54) is 0 Å². The summed E-state index contributed by atoms with van der Waals surface area (Å²) in [5.74, 6) is -1.78. The molecule has 0 aromatic heterocycles. The van der Waals surface area contributed by atoms with Gasteiger partial charge in [-0.2, -0.15) is 13.2 Å². The van der Waals surface area contributed by atoms with Crippen LogP contribution < -0.4 is 5.32 Å². The Morgan fingerprint density at radius 1 is 1.14 bits per heavy atom. The van der Waals surface area contributed by atoms with E-state index >= 15 is 0 Å². The van der Waals surface area contributed by atoms with E-state index in [4.69, 9.17) is 0 Å². The third-order valence-corrected chi connectivity index (χ3v) is 3.52. The smallest absolute Gasteiger partial charge is 0.380 e. The van der Waals surface area contributed by atoms with Gasteiger partial charge in [0.2, 0.25) is 0 Å². The van der Waals surface area contributed by atoms with Crippen molar-refractivity contribution in [1.82, 2.24) is 4.90 Å². The second-order valence-corrected chi connectivity index (χ2v) is 5.10. The lowest BCUT2D eigenvalue weighted by Crippen LogP contribution is -2.55. The Morgan fingerprint density at radius 2 is 1.64 bits per heavy atom. The number of piperidine rings is 1. The molecule has 4 nitrogen and oxygen atoms in total. The summed E-state index contributed by atoms with van der Waals surface area (Å²) < 4.78 is 63.9. The number of nitrogens with zero attached hydrogens (tertiary/aromatic N) is 1. The summed E-state index contributed by atoms with van der Waals surface area (Å²) in [7, 11) is 0. The molecule has 1 aliphatic heterocycles. The number of likely N-dealkylation sites (tertiary alicyclic amines) is 1. The number of carbonyl (C=O) groups excluding carboxylic acids is 1. The number of nitrogens with one attached hydrogen (secondary N) is 1. The van der Waals surface area contributed by atoms with Crippen LogP contribution in [0, 0.1) is 11.6 Å². The van der Waals surface area contributed by atoms with Crippen LogP contribution in [0.2, 0.25) is 0 Å². The number of carbonyl (C=O) groups is 1. The van der Waals surface area contributed by atoms with Crippen molar-refractivity contribution in [2.24, 2.45) is 0 Å². The fourth-order valence-electron chi connectivity index (χ4n) is 2.19. The Bertz CT molecular complexity index is 548. The molecule has 1 aliphatic rings. The highest BCUT2D eigenvalue weighted by atomic mass is 19.4. The molecule has 1 fully saturated rings. The minimum absolute atomic E-state index is 0.140. The molecule has 0 saturated carbocycles. The Kier molecular flexibility index (Phi) is 4.28. The van der Waals surface area contributed by atoms with Crippen LogP contribution in [-0.2, 0) is 0 Å². The van der Waals surface area contributed by atoms with Crippen LogP contribution in [0.15, 0.2) is 18.2 Å². The monoisotopic (exact) mass is 324 g/mol.